The molecule has 1 saturated heterocycles. The van der Waals surface area contributed by atoms with Crippen molar-refractivity contribution in [1.29, 1.82) is 0 Å². The molecule has 0 radical (unpaired) electrons. The Morgan fingerprint density at radius 1 is 1.00 bits per heavy atom. The zero-order chi connectivity index (χ0) is 23.5. The van der Waals surface area contributed by atoms with Gasteiger partial charge in [-0.05, 0) is 35.9 Å². The molecule has 2 N–H and O–H groups in total. The first-order chi connectivity index (χ1) is 16.5. The third kappa shape index (κ3) is 4.49. The fourth-order valence-electron chi connectivity index (χ4n) is 3.87. The van der Waals surface area contributed by atoms with Crippen LogP contribution < -0.4 is 14.8 Å². The number of rotatable bonds is 6. The van der Waals surface area contributed by atoms with Gasteiger partial charge in [0.15, 0.2) is 11.5 Å². The van der Waals surface area contributed by atoms with Gasteiger partial charge in [-0.25, -0.2) is 8.42 Å². The number of fused-ring (bicyclic) bond motifs is 1. The summed E-state index contributed by atoms with van der Waals surface area (Å²) >= 11 is 0. The van der Waals surface area contributed by atoms with Crippen molar-refractivity contribution in [2.24, 2.45) is 0 Å². The first kappa shape index (κ1) is 22.4. The molecule has 0 atom stereocenters. The summed E-state index contributed by atoms with van der Waals surface area (Å²) in [7, 11) is -3.55. The van der Waals surface area contributed by atoms with Gasteiger partial charge in [0.1, 0.15) is 13.2 Å². The summed E-state index contributed by atoms with van der Waals surface area (Å²) in [4.78, 5) is 13.1. The Hall–Kier alpha value is -3.41. The van der Waals surface area contributed by atoms with Crippen molar-refractivity contribution >= 4 is 15.9 Å². The van der Waals surface area contributed by atoms with E-state index in [1.54, 1.807) is 30.3 Å². The Labute approximate surface area is 196 Å². The molecule has 1 aromatic heterocycles. The van der Waals surface area contributed by atoms with Crippen LogP contribution in [-0.4, -0.2) is 68.3 Å². The average Bonchev–Trinajstić information content (AvgIpc) is 3.38. The number of benzene rings is 2. The van der Waals surface area contributed by atoms with E-state index in [1.165, 1.54) is 10.5 Å². The smallest absolute Gasteiger partial charge is 0.255 e. The Kier molecular flexibility index (Phi) is 6.22. The fourth-order valence-corrected chi connectivity index (χ4v) is 5.28. The summed E-state index contributed by atoms with van der Waals surface area (Å²) in [5, 5.41) is 9.77. The molecule has 0 unspecified atom stereocenters. The number of sulfonamides is 1. The molecule has 0 aliphatic carbocycles. The largest absolute Gasteiger partial charge is 0.486 e. The maximum atomic E-state index is 12.9. The molecule has 2 aliphatic rings. The maximum Gasteiger partial charge on any atom is 0.255 e. The summed E-state index contributed by atoms with van der Waals surface area (Å²) in [6, 6.07) is 12.0. The number of aromatic nitrogens is 2. The molecule has 5 rings (SSSR count). The lowest BCUT2D eigenvalue weighted by Crippen LogP contribution is -2.40. The van der Waals surface area contributed by atoms with E-state index >= 15 is 0 Å². The number of hydrogen-bond donors (Lipinski definition) is 2. The van der Waals surface area contributed by atoms with Crippen LogP contribution in [0.1, 0.15) is 15.9 Å². The zero-order valence-corrected chi connectivity index (χ0v) is 19.1. The molecule has 34 heavy (non-hydrogen) atoms. The molecule has 0 bridgehead atoms. The number of hydrogen-bond acceptors (Lipinski definition) is 7. The number of nitrogens with zero attached hydrogens (tertiary/aromatic N) is 2. The minimum Gasteiger partial charge on any atom is -0.486 e. The molecule has 0 saturated carbocycles. The number of nitrogens with one attached hydrogen (secondary N) is 2. The molecular weight excluding hydrogens is 460 g/mol. The Morgan fingerprint density at radius 2 is 1.74 bits per heavy atom. The molecule has 2 aromatic carbocycles. The minimum absolute atomic E-state index is 0.222. The van der Waals surface area contributed by atoms with Crippen molar-refractivity contribution in [3.63, 3.8) is 0 Å². The monoisotopic (exact) mass is 484 g/mol. The van der Waals surface area contributed by atoms with Gasteiger partial charge in [0.25, 0.3) is 5.91 Å². The van der Waals surface area contributed by atoms with Crippen LogP contribution in [0.4, 0.5) is 0 Å². The van der Waals surface area contributed by atoms with E-state index in [4.69, 9.17) is 14.2 Å². The molecule has 1 amide bonds. The fraction of sp³-hybridized carbons (Fsp3) is 0.304. The predicted molar refractivity (Wildman–Crippen MR) is 122 cm³/mol. The molecule has 178 valence electrons. The highest BCUT2D eigenvalue weighted by Crippen LogP contribution is 2.34. The number of morpholine rings is 1. The Bertz CT molecular complexity index is 1280. The van der Waals surface area contributed by atoms with E-state index in [-0.39, 0.29) is 17.3 Å². The van der Waals surface area contributed by atoms with Crippen LogP contribution in [0.2, 0.25) is 0 Å². The number of ether oxygens (including phenoxy) is 3. The second-order valence-corrected chi connectivity index (χ2v) is 9.80. The molecule has 11 heteroatoms. The summed E-state index contributed by atoms with van der Waals surface area (Å²) in [5.41, 5.74) is 2.49. The number of carbonyl (C=O) groups excluding carboxylic acids is 1. The van der Waals surface area contributed by atoms with Crippen molar-refractivity contribution in [1.82, 2.24) is 19.8 Å². The van der Waals surface area contributed by atoms with Gasteiger partial charge < -0.3 is 19.5 Å². The topological polar surface area (TPSA) is 123 Å². The molecule has 3 heterocycles. The highest BCUT2D eigenvalue weighted by molar-refractivity contribution is 7.89. The number of H-pyrrole nitrogens is 1. The third-order valence-electron chi connectivity index (χ3n) is 5.70. The summed E-state index contributed by atoms with van der Waals surface area (Å²) in [5.74, 6) is 0.986. The van der Waals surface area contributed by atoms with Crippen molar-refractivity contribution in [2.75, 3.05) is 39.5 Å². The molecule has 1 fully saturated rings. The zero-order valence-electron chi connectivity index (χ0n) is 18.3. The van der Waals surface area contributed by atoms with Crippen LogP contribution in [0.5, 0.6) is 11.5 Å². The normalized spacial score (nSPS) is 16.2. The minimum atomic E-state index is -3.55. The van der Waals surface area contributed by atoms with E-state index in [0.717, 1.165) is 11.1 Å². The second kappa shape index (κ2) is 9.45. The lowest BCUT2D eigenvalue weighted by Gasteiger charge is -2.26. The number of amides is 1. The predicted octanol–water partition coefficient (Wildman–Crippen LogP) is 1.80. The van der Waals surface area contributed by atoms with Gasteiger partial charge in [0.05, 0.1) is 35.6 Å². The van der Waals surface area contributed by atoms with Crippen molar-refractivity contribution in [2.45, 2.75) is 11.4 Å². The molecule has 2 aliphatic heterocycles. The van der Waals surface area contributed by atoms with Gasteiger partial charge in [-0.1, -0.05) is 12.1 Å². The van der Waals surface area contributed by atoms with Gasteiger partial charge in [-0.15, -0.1) is 0 Å². The highest BCUT2D eigenvalue weighted by Gasteiger charge is 2.26. The van der Waals surface area contributed by atoms with E-state index < -0.39 is 10.0 Å². The van der Waals surface area contributed by atoms with Gasteiger partial charge in [-0.2, -0.15) is 9.40 Å². The standard InChI is InChI=1S/C23H24N4O6S/c28-23(19-15-25-26-22(19)17-3-6-20-21(13-17)33-12-11-32-20)24-14-16-1-4-18(5-2-16)34(29,30)27-7-9-31-10-8-27/h1-6,13,15H,7-12,14H2,(H,24,28)(H,25,26). The van der Waals surface area contributed by atoms with Crippen molar-refractivity contribution in [3.8, 4) is 22.8 Å². The Balaban J connectivity index is 1.25. The van der Waals surface area contributed by atoms with Crippen LogP contribution in [-0.2, 0) is 21.3 Å². The van der Waals surface area contributed by atoms with Crippen LogP contribution in [0, 0.1) is 0 Å². The van der Waals surface area contributed by atoms with Gasteiger partial charge in [0.2, 0.25) is 10.0 Å². The first-order valence-electron chi connectivity index (χ1n) is 10.9. The highest BCUT2D eigenvalue weighted by atomic mass is 32.2. The summed E-state index contributed by atoms with van der Waals surface area (Å²) in [6.07, 6.45) is 1.47. The van der Waals surface area contributed by atoms with Crippen LogP contribution >= 0.6 is 0 Å². The van der Waals surface area contributed by atoms with Gasteiger partial charge in [-0.3, -0.25) is 9.89 Å². The molecular formula is C23H24N4O6S. The second-order valence-electron chi connectivity index (χ2n) is 7.86. The van der Waals surface area contributed by atoms with Crippen molar-refractivity contribution < 1.29 is 27.4 Å². The SMILES string of the molecule is O=C(NCc1ccc(S(=O)(=O)N2CCOCC2)cc1)c1cn[nH]c1-c1ccc2c(c1)OCCO2. The van der Waals surface area contributed by atoms with E-state index in [1.807, 2.05) is 12.1 Å². The van der Waals surface area contributed by atoms with E-state index in [2.05, 4.69) is 15.5 Å². The van der Waals surface area contributed by atoms with Crippen LogP contribution in [0.25, 0.3) is 11.3 Å². The molecule has 10 nitrogen and oxygen atoms in total. The lowest BCUT2D eigenvalue weighted by atomic mass is 10.1. The lowest BCUT2D eigenvalue weighted by molar-refractivity contribution is 0.0730. The summed E-state index contributed by atoms with van der Waals surface area (Å²) < 4.78 is 43.3. The molecule has 3 aromatic rings. The quantitative estimate of drug-likeness (QED) is 0.547. The number of aromatic amines is 1. The van der Waals surface area contributed by atoms with Gasteiger partial charge in [0, 0.05) is 25.2 Å². The maximum absolute atomic E-state index is 12.9. The Morgan fingerprint density at radius 3 is 2.50 bits per heavy atom. The molecule has 0 spiro atoms. The average molecular weight is 485 g/mol. The third-order valence-corrected chi connectivity index (χ3v) is 7.61. The number of carbonyl (C=O) groups is 1. The first-order valence-corrected chi connectivity index (χ1v) is 12.3. The van der Waals surface area contributed by atoms with Crippen molar-refractivity contribution in [3.05, 3.63) is 59.8 Å². The van der Waals surface area contributed by atoms with Crippen LogP contribution in [0.15, 0.2) is 53.6 Å². The van der Waals surface area contributed by atoms with E-state index in [0.29, 0.717) is 62.3 Å². The van der Waals surface area contributed by atoms with Gasteiger partial charge >= 0.3 is 0 Å². The van der Waals surface area contributed by atoms with Crippen LogP contribution in [0.3, 0.4) is 0 Å². The summed E-state index contributed by atoms with van der Waals surface area (Å²) in [6.45, 7) is 2.69. The van der Waals surface area contributed by atoms with E-state index in [9.17, 15) is 13.2 Å².